The molecular formula is C30H25BrN6Ni. The summed E-state index contributed by atoms with van der Waals surface area (Å²) < 4.78 is 0. The fourth-order valence-corrected chi connectivity index (χ4v) is 3.09. The van der Waals surface area contributed by atoms with Crippen LogP contribution in [0.15, 0.2) is 146 Å². The Balaban J connectivity index is 0.000000195. The van der Waals surface area contributed by atoms with Gasteiger partial charge in [-0.1, -0.05) is 36.4 Å². The van der Waals surface area contributed by atoms with Crippen LogP contribution in [0.4, 0.5) is 0 Å². The molecule has 0 saturated heterocycles. The number of rotatable bonds is 3. The molecule has 6 nitrogen and oxygen atoms in total. The molecule has 38 heavy (non-hydrogen) atoms. The zero-order chi connectivity index (χ0) is 24.7. The van der Waals surface area contributed by atoms with Crippen molar-refractivity contribution in [3.8, 4) is 34.2 Å². The summed E-state index contributed by atoms with van der Waals surface area (Å²) >= 11 is 0. The van der Waals surface area contributed by atoms with Crippen LogP contribution in [-0.2, 0) is 16.5 Å². The molecule has 0 bridgehead atoms. The van der Waals surface area contributed by atoms with Gasteiger partial charge >= 0.3 is 0 Å². The second kappa shape index (κ2) is 17.4. The molecule has 0 spiro atoms. The first kappa shape index (κ1) is 30.1. The van der Waals surface area contributed by atoms with E-state index < -0.39 is 0 Å². The van der Waals surface area contributed by atoms with E-state index in [1.807, 2.05) is 109 Å². The summed E-state index contributed by atoms with van der Waals surface area (Å²) in [6.07, 6.45) is 10.6. The van der Waals surface area contributed by atoms with E-state index in [0.29, 0.717) is 0 Å². The number of pyridine rings is 6. The van der Waals surface area contributed by atoms with Gasteiger partial charge in [-0.15, -0.1) is 17.0 Å². The van der Waals surface area contributed by atoms with Crippen LogP contribution in [-0.4, -0.2) is 29.9 Å². The van der Waals surface area contributed by atoms with Crippen molar-refractivity contribution in [1.82, 2.24) is 29.9 Å². The minimum atomic E-state index is 0. The standard InChI is InChI=1S/3C10H8N2.BrH.Ni/c3*1-3-7-11-9(5-1)10-6-2-4-8-12-10;;/h3*1-8H;1H;. The smallest absolute Gasteiger partial charge is 0.0886 e. The van der Waals surface area contributed by atoms with Gasteiger partial charge in [-0.2, -0.15) is 0 Å². The average Bonchev–Trinajstić information content (AvgIpc) is 3.01. The van der Waals surface area contributed by atoms with Crippen molar-refractivity contribution in [2.45, 2.75) is 0 Å². The minimum Gasteiger partial charge on any atom is -0.255 e. The molecule has 8 heteroatoms. The third-order valence-electron chi connectivity index (χ3n) is 4.78. The maximum absolute atomic E-state index is 4.19. The van der Waals surface area contributed by atoms with Crippen LogP contribution >= 0.6 is 17.0 Å². The molecule has 0 radical (unpaired) electrons. The Bertz CT molecular complexity index is 1110. The van der Waals surface area contributed by atoms with Gasteiger partial charge in [0, 0.05) is 53.7 Å². The number of hydrogen-bond donors (Lipinski definition) is 0. The number of hydrogen-bond acceptors (Lipinski definition) is 6. The Morgan fingerprint density at radius 3 is 0.526 bits per heavy atom. The minimum absolute atomic E-state index is 0. The van der Waals surface area contributed by atoms with Gasteiger partial charge in [-0.05, 0) is 72.8 Å². The predicted molar refractivity (Wildman–Crippen MR) is 153 cm³/mol. The number of nitrogens with zero attached hydrogens (tertiary/aromatic N) is 6. The van der Waals surface area contributed by atoms with Crippen molar-refractivity contribution in [2.75, 3.05) is 0 Å². The maximum atomic E-state index is 4.19. The molecule has 6 aromatic heterocycles. The van der Waals surface area contributed by atoms with Crippen molar-refractivity contribution in [1.29, 1.82) is 0 Å². The van der Waals surface area contributed by atoms with E-state index in [4.69, 9.17) is 0 Å². The van der Waals surface area contributed by atoms with E-state index in [1.54, 1.807) is 37.2 Å². The SMILES string of the molecule is Br.[Ni].c1ccc(-c2ccccn2)nc1.c1ccc(-c2ccccn2)nc1.c1ccc(-c2ccccn2)nc1. The van der Waals surface area contributed by atoms with Crippen molar-refractivity contribution < 1.29 is 16.5 Å². The summed E-state index contributed by atoms with van der Waals surface area (Å²) in [6.45, 7) is 0. The maximum Gasteiger partial charge on any atom is 0.0886 e. The van der Waals surface area contributed by atoms with Gasteiger partial charge in [0.05, 0.1) is 34.2 Å². The van der Waals surface area contributed by atoms with E-state index in [9.17, 15) is 0 Å². The van der Waals surface area contributed by atoms with Gasteiger partial charge in [-0.25, -0.2) is 0 Å². The molecule has 6 aromatic rings. The van der Waals surface area contributed by atoms with Crippen LogP contribution in [0.1, 0.15) is 0 Å². The second-order valence-corrected chi connectivity index (χ2v) is 7.29. The summed E-state index contributed by atoms with van der Waals surface area (Å²) in [5.41, 5.74) is 5.49. The largest absolute Gasteiger partial charge is 0.255 e. The monoisotopic (exact) mass is 606 g/mol. The molecule has 0 fully saturated rings. The molecule has 0 unspecified atom stereocenters. The van der Waals surface area contributed by atoms with Crippen LogP contribution in [0.5, 0.6) is 0 Å². The average molecular weight is 608 g/mol. The van der Waals surface area contributed by atoms with Crippen LogP contribution < -0.4 is 0 Å². The van der Waals surface area contributed by atoms with Crippen molar-refractivity contribution in [3.63, 3.8) is 0 Å². The Hall–Kier alpha value is -4.13. The van der Waals surface area contributed by atoms with E-state index in [-0.39, 0.29) is 33.5 Å². The Morgan fingerprint density at radius 1 is 0.263 bits per heavy atom. The Kier molecular flexibility index (Phi) is 13.7. The zero-order valence-corrected chi connectivity index (χ0v) is 23.0. The molecule has 6 rings (SSSR count). The van der Waals surface area contributed by atoms with Crippen molar-refractivity contribution in [3.05, 3.63) is 146 Å². The Labute approximate surface area is 243 Å². The van der Waals surface area contributed by atoms with Crippen LogP contribution in [0.2, 0.25) is 0 Å². The molecule has 0 aliphatic carbocycles. The molecule has 0 saturated carbocycles. The number of halogens is 1. The first-order valence-corrected chi connectivity index (χ1v) is 11.4. The fourth-order valence-electron chi connectivity index (χ4n) is 3.09. The second-order valence-electron chi connectivity index (χ2n) is 7.29. The fraction of sp³-hybridized carbons (Fsp3) is 0. The predicted octanol–water partition coefficient (Wildman–Crippen LogP) is 7.01. The molecule has 0 aromatic carbocycles. The molecule has 0 aliphatic rings. The molecule has 0 aliphatic heterocycles. The topological polar surface area (TPSA) is 77.3 Å². The first-order chi connectivity index (χ1) is 17.9. The van der Waals surface area contributed by atoms with E-state index in [2.05, 4.69) is 29.9 Å². The van der Waals surface area contributed by atoms with Crippen LogP contribution in [0.25, 0.3) is 34.2 Å². The van der Waals surface area contributed by atoms with Crippen molar-refractivity contribution >= 4 is 17.0 Å². The molecule has 192 valence electrons. The van der Waals surface area contributed by atoms with Gasteiger partial charge in [0.25, 0.3) is 0 Å². The van der Waals surface area contributed by atoms with Gasteiger partial charge in [-0.3, -0.25) is 29.9 Å². The third-order valence-corrected chi connectivity index (χ3v) is 4.78. The van der Waals surface area contributed by atoms with E-state index in [0.717, 1.165) is 34.2 Å². The van der Waals surface area contributed by atoms with Crippen molar-refractivity contribution in [2.24, 2.45) is 0 Å². The summed E-state index contributed by atoms with van der Waals surface area (Å²) in [5.74, 6) is 0. The Morgan fingerprint density at radius 2 is 0.421 bits per heavy atom. The molecular weight excluding hydrogens is 583 g/mol. The molecule has 0 amide bonds. The van der Waals surface area contributed by atoms with Gasteiger partial charge in [0.15, 0.2) is 0 Å². The van der Waals surface area contributed by atoms with Gasteiger partial charge in [0.2, 0.25) is 0 Å². The molecule has 0 N–H and O–H groups in total. The summed E-state index contributed by atoms with van der Waals surface area (Å²) in [6, 6.07) is 34.8. The quantitative estimate of drug-likeness (QED) is 0.202. The van der Waals surface area contributed by atoms with Gasteiger partial charge < -0.3 is 0 Å². The summed E-state index contributed by atoms with van der Waals surface area (Å²) in [5, 5.41) is 0. The zero-order valence-electron chi connectivity index (χ0n) is 20.3. The van der Waals surface area contributed by atoms with Crippen LogP contribution in [0, 0.1) is 0 Å². The van der Waals surface area contributed by atoms with E-state index in [1.165, 1.54) is 0 Å². The molecule has 6 heterocycles. The third kappa shape index (κ3) is 9.73. The first-order valence-electron chi connectivity index (χ1n) is 11.4. The molecule has 0 atom stereocenters. The normalized spacial score (nSPS) is 9.16. The van der Waals surface area contributed by atoms with E-state index >= 15 is 0 Å². The van der Waals surface area contributed by atoms with Crippen LogP contribution in [0.3, 0.4) is 0 Å². The summed E-state index contributed by atoms with van der Waals surface area (Å²) in [7, 11) is 0. The summed E-state index contributed by atoms with van der Waals surface area (Å²) in [4.78, 5) is 25.1. The number of aromatic nitrogens is 6. The van der Waals surface area contributed by atoms with Gasteiger partial charge in [0.1, 0.15) is 0 Å².